The molecule has 2 heterocycles. The molecule has 1 N–H and O–H groups in total. The van der Waals surface area contributed by atoms with Gasteiger partial charge in [0, 0.05) is 22.7 Å². The second-order valence-corrected chi connectivity index (χ2v) is 5.10. The molecule has 0 bridgehead atoms. The van der Waals surface area contributed by atoms with Crippen LogP contribution in [0, 0.1) is 0 Å². The van der Waals surface area contributed by atoms with Gasteiger partial charge in [0.25, 0.3) is 5.56 Å². The quantitative estimate of drug-likeness (QED) is 0.733. The summed E-state index contributed by atoms with van der Waals surface area (Å²) in [7, 11) is 0. The summed E-state index contributed by atoms with van der Waals surface area (Å²) in [6.45, 7) is 0. The first kappa shape index (κ1) is 11.3. The van der Waals surface area contributed by atoms with E-state index in [9.17, 15) is 4.79 Å². The summed E-state index contributed by atoms with van der Waals surface area (Å²) < 4.78 is 0. The molecule has 0 saturated carbocycles. The van der Waals surface area contributed by atoms with Gasteiger partial charge in [0.05, 0.1) is 11.2 Å². The van der Waals surface area contributed by atoms with Crippen LogP contribution in [0.2, 0.25) is 0 Å². The first-order valence-corrected chi connectivity index (χ1v) is 6.78. The van der Waals surface area contributed by atoms with Gasteiger partial charge in [-0.15, -0.1) is 0 Å². The van der Waals surface area contributed by atoms with Crippen molar-refractivity contribution in [3.05, 3.63) is 58.1 Å². The minimum Gasteiger partial charge on any atom is -0.306 e. The molecule has 0 spiro atoms. The Bertz CT molecular complexity index is 867. The maximum absolute atomic E-state index is 12.1. The average molecular weight is 263 g/mol. The van der Waals surface area contributed by atoms with Gasteiger partial charge in [0.15, 0.2) is 0 Å². The fourth-order valence-electron chi connectivity index (χ4n) is 2.80. The number of benzene rings is 1. The Kier molecular flexibility index (Phi) is 2.42. The lowest BCUT2D eigenvalue weighted by Gasteiger charge is -2.05. The Morgan fingerprint density at radius 2 is 2.10 bits per heavy atom. The zero-order valence-corrected chi connectivity index (χ0v) is 10.9. The van der Waals surface area contributed by atoms with Gasteiger partial charge in [-0.2, -0.15) is 0 Å². The molecule has 4 rings (SSSR count). The van der Waals surface area contributed by atoms with Crippen molar-refractivity contribution in [3.63, 3.8) is 0 Å². The largest absolute Gasteiger partial charge is 0.306 e. The van der Waals surface area contributed by atoms with Crippen LogP contribution in [-0.4, -0.2) is 15.0 Å². The number of hydrogen-bond donors (Lipinski definition) is 1. The van der Waals surface area contributed by atoms with Crippen LogP contribution >= 0.6 is 0 Å². The molecular formula is C16H13N3O. The summed E-state index contributed by atoms with van der Waals surface area (Å²) in [5.74, 6) is 0.654. The van der Waals surface area contributed by atoms with Crippen LogP contribution in [0.25, 0.3) is 22.3 Å². The van der Waals surface area contributed by atoms with Crippen LogP contribution in [0.3, 0.4) is 0 Å². The van der Waals surface area contributed by atoms with Gasteiger partial charge < -0.3 is 4.98 Å². The second kappa shape index (κ2) is 4.27. The third-order valence-corrected chi connectivity index (χ3v) is 3.82. The van der Waals surface area contributed by atoms with Crippen molar-refractivity contribution in [1.82, 2.24) is 15.0 Å². The summed E-state index contributed by atoms with van der Waals surface area (Å²) in [5, 5.41) is 1.05. The van der Waals surface area contributed by atoms with Crippen LogP contribution in [0.15, 0.2) is 41.3 Å². The van der Waals surface area contributed by atoms with Gasteiger partial charge in [-0.3, -0.25) is 9.78 Å². The third kappa shape index (κ3) is 1.72. The van der Waals surface area contributed by atoms with E-state index in [0.717, 1.165) is 47.0 Å². The Labute approximate surface area is 115 Å². The molecule has 20 heavy (non-hydrogen) atoms. The number of nitrogens with one attached hydrogen (secondary N) is 1. The van der Waals surface area contributed by atoms with E-state index < -0.39 is 0 Å². The summed E-state index contributed by atoms with van der Waals surface area (Å²) in [6.07, 6.45) is 4.55. The number of aryl methyl sites for hydroxylation is 1. The molecular weight excluding hydrogens is 250 g/mol. The Morgan fingerprint density at radius 3 is 3.05 bits per heavy atom. The first-order valence-electron chi connectivity index (χ1n) is 6.78. The van der Waals surface area contributed by atoms with E-state index in [0.29, 0.717) is 5.82 Å². The molecule has 4 nitrogen and oxygen atoms in total. The molecule has 2 aromatic heterocycles. The van der Waals surface area contributed by atoms with Crippen molar-refractivity contribution in [2.24, 2.45) is 0 Å². The smallest absolute Gasteiger partial charge is 0.254 e. The second-order valence-electron chi connectivity index (χ2n) is 5.10. The molecule has 1 aromatic carbocycles. The molecule has 0 atom stereocenters. The SMILES string of the molecule is O=c1[nH]c(-c2ccc3ncccc3c2)nc2c1CCC2. The van der Waals surface area contributed by atoms with Crippen molar-refractivity contribution < 1.29 is 0 Å². The van der Waals surface area contributed by atoms with Gasteiger partial charge in [-0.1, -0.05) is 6.07 Å². The van der Waals surface area contributed by atoms with Crippen molar-refractivity contribution in [3.8, 4) is 11.4 Å². The van der Waals surface area contributed by atoms with Crippen LogP contribution in [0.1, 0.15) is 17.7 Å². The number of hydrogen-bond acceptors (Lipinski definition) is 3. The maximum Gasteiger partial charge on any atom is 0.254 e. The molecule has 98 valence electrons. The minimum absolute atomic E-state index is 0.00813. The first-order chi connectivity index (χ1) is 9.81. The molecule has 4 heteroatoms. The standard InChI is InChI=1S/C16H13N3O/c20-16-12-4-1-5-14(12)18-15(19-16)11-6-7-13-10(9-11)3-2-8-17-13/h2-3,6-9H,1,4-5H2,(H,18,19,20). The van der Waals surface area contributed by atoms with Gasteiger partial charge in [0.2, 0.25) is 0 Å². The Hall–Kier alpha value is -2.49. The van der Waals surface area contributed by atoms with Crippen LogP contribution < -0.4 is 5.56 Å². The molecule has 0 aliphatic heterocycles. The molecule has 0 radical (unpaired) electrons. The predicted octanol–water partition coefficient (Wildman–Crippen LogP) is 2.47. The van der Waals surface area contributed by atoms with Gasteiger partial charge in [-0.25, -0.2) is 4.98 Å². The lowest BCUT2D eigenvalue weighted by atomic mass is 10.1. The van der Waals surface area contributed by atoms with Crippen LogP contribution in [-0.2, 0) is 12.8 Å². The third-order valence-electron chi connectivity index (χ3n) is 3.82. The number of pyridine rings is 1. The van der Waals surface area contributed by atoms with Crippen molar-refractivity contribution in [2.45, 2.75) is 19.3 Å². The number of aromatic amines is 1. The lowest BCUT2D eigenvalue weighted by Crippen LogP contribution is -2.15. The van der Waals surface area contributed by atoms with Gasteiger partial charge in [-0.05, 0) is 43.5 Å². The molecule has 0 saturated heterocycles. The van der Waals surface area contributed by atoms with Gasteiger partial charge >= 0.3 is 0 Å². The van der Waals surface area contributed by atoms with Crippen molar-refractivity contribution in [2.75, 3.05) is 0 Å². The molecule has 1 aliphatic carbocycles. The summed E-state index contributed by atoms with van der Waals surface area (Å²) in [6, 6.07) is 9.84. The molecule has 3 aromatic rings. The number of aromatic nitrogens is 3. The highest BCUT2D eigenvalue weighted by Crippen LogP contribution is 2.22. The fourth-order valence-corrected chi connectivity index (χ4v) is 2.80. The minimum atomic E-state index is 0.00813. The Morgan fingerprint density at radius 1 is 1.15 bits per heavy atom. The monoisotopic (exact) mass is 263 g/mol. The summed E-state index contributed by atoms with van der Waals surface area (Å²) >= 11 is 0. The molecule has 0 unspecified atom stereocenters. The summed E-state index contributed by atoms with van der Waals surface area (Å²) in [4.78, 5) is 23.9. The molecule has 0 fully saturated rings. The lowest BCUT2D eigenvalue weighted by molar-refractivity contribution is 0.899. The topological polar surface area (TPSA) is 58.6 Å². The van der Waals surface area contributed by atoms with Crippen molar-refractivity contribution in [1.29, 1.82) is 0 Å². The van der Waals surface area contributed by atoms with E-state index in [2.05, 4.69) is 15.0 Å². The fraction of sp³-hybridized carbons (Fsp3) is 0.188. The number of rotatable bonds is 1. The van der Waals surface area contributed by atoms with E-state index >= 15 is 0 Å². The van der Waals surface area contributed by atoms with E-state index in [1.807, 2.05) is 30.3 Å². The molecule has 1 aliphatic rings. The maximum atomic E-state index is 12.1. The van der Waals surface area contributed by atoms with Crippen LogP contribution in [0.4, 0.5) is 0 Å². The zero-order valence-electron chi connectivity index (χ0n) is 10.9. The molecule has 0 amide bonds. The zero-order chi connectivity index (χ0) is 13.5. The number of H-pyrrole nitrogens is 1. The highest BCUT2D eigenvalue weighted by atomic mass is 16.1. The van der Waals surface area contributed by atoms with E-state index in [-0.39, 0.29) is 5.56 Å². The highest BCUT2D eigenvalue weighted by Gasteiger charge is 2.17. The van der Waals surface area contributed by atoms with Gasteiger partial charge in [0.1, 0.15) is 5.82 Å². The van der Waals surface area contributed by atoms with E-state index in [4.69, 9.17) is 0 Å². The number of nitrogens with zero attached hydrogens (tertiary/aromatic N) is 2. The van der Waals surface area contributed by atoms with E-state index in [1.54, 1.807) is 6.20 Å². The highest BCUT2D eigenvalue weighted by molar-refractivity contribution is 5.83. The number of fused-ring (bicyclic) bond motifs is 2. The van der Waals surface area contributed by atoms with Crippen LogP contribution in [0.5, 0.6) is 0 Å². The average Bonchev–Trinajstić information content (AvgIpc) is 2.96. The predicted molar refractivity (Wildman–Crippen MR) is 77.6 cm³/mol. The Balaban J connectivity index is 1.91. The van der Waals surface area contributed by atoms with Crippen molar-refractivity contribution >= 4 is 10.9 Å². The summed E-state index contributed by atoms with van der Waals surface area (Å²) in [5.41, 5.74) is 3.69. The van der Waals surface area contributed by atoms with E-state index in [1.165, 1.54) is 0 Å². The normalized spacial score (nSPS) is 13.6.